The van der Waals surface area contributed by atoms with E-state index in [2.05, 4.69) is 21.4 Å². The Hall–Kier alpha value is -4.90. The van der Waals surface area contributed by atoms with Crippen molar-refractivity contribution in [2.45, 2.75) is 64.8 Å². The molecule has 0 atom stereocenters. The molecular formula is C36H37FN6O4. The van der Waals surface area contributed by atoms with Crippen LogP contribution in [0.15, 0.2) is 67.1 Å². The van der Waals surface area contributed by atoms with Crippen LogP contribution in [0.5, 0.6) is 5.88 Å². The lowest BCUT2D eigenvalue weighted by atomic mass is 9.93. The molecule has 0 spiro atoms. The number of hydrogen-bond donors (Lipinski definition) is 1. The fourth-order valence-electron chi connectivity index (χ4n) is 6.30. The van der Waals surface area contributed by atoms with Crippen LogP contribution in [0.1, 0.15) is 82.0 Å². The van der Waals surface area contributed by atoms with E-state index in [9.17, 15) is 19.1 Å². The zero-order valence-corrected chi connectivity index (χ0v) is 26.3. The van der Waals surface area contributed by atoms with Gasteiger partial charge in [-0.25, -0.2) is 24.1 Å². The highest BCUT2D eigenvalue weighted by atomic mass is 19.1. The molecule has 11 heteroatoms. The van der Waals surface area contributed by atoms with E-state index in [1.165, 1.54) is 6.07 Å². The minimum atomic E-state index is -0.968. The number of ether oxygens (including phenoxy) is 1. The lowest BCUT2D eigenvalue weighted by Gasteiger charge is -2.31. The van der Waals surface area contributed by atoms with Gasteiger partial charge in [0, 0.05) is 47.5 Å². The molecule has 1 saturated heterocycles. The third-order valence-electron chi connectivity index (χ3n) is 9.22. The van der Waals surface area contributed by atoms with Gasteiger partial charge in [-0.2, -0.15) is 0 Å². The second kappa shape index (κ2) is 13.1. The molecule has 1 saturated carbocycles. The monoisotopic (exact) mass is 636 g/mol. The number of carbonyl (C=O) groups is 2. The van der Waals surface area contributed by atoms with E-state index >= 15 is 0 Å². The van der Waals surface area contributed by atoms with Crippen LogP contribution in [0.3, 0.4) is 0 Å². The van der Waals surface area contributed by atoms with Crippen LogP contribution < -0.4 is 4.74 Å². The van der Waals surface area contributed by atoms with Gasteiger partial charge in [0.05, 0.1) is 41.7 Å². The average molecular weight is 637 g/mol. The van der Waals surface area contributed by atoms with Crippen LogP contribution in [-0.2, 0) is 26.2 Å². The van der Waals surface area contributed by atoms with Crippen molar-refractivity contribution >= 4 is 22.8 Å². The zero-order chi connectivity index (χ0) is 32.5. The lowest BCUT2D eigenvalue weighted by Crippen LogP contribution is -2.33. The molecule has 2 aromatic carbocycles. The van der Waals surface area contributed by atoms with Crippen molar-refractivity contribution in [2.24, 2.45) is 5.92 Å². The number of carboxylic acids is 1. The molecule has 1 aliphatic heterocycles. The second-order valence-corrected chi connectivity index (χ2v) is 12.5. The van der Waals surface area contributed by atoms with Crippen molar-refractivity contribution < 1.29 is 23.8 Å². The summed E-state index contributed by atoms with van der Waals surface area (Å²) in [6, 6.07) is 15.4. The number of hydrogen-bond acceptors (Lipinski definition) is 7. The summed E-state index contributed by atoms with van der Waals surface area (Å²) in [4.78, 5) is 40.6. The minimum Gasteiger partial charge on any atom is -0.478 e. The van der Waals surface area contributed by atoms with Gasteiger partial charge in [-0.15, -0.1) is 0 Å². The van der Waals surface area contributed by atoms with Crippen LogP contribution in [0.25, 0.3) is 11.0 Å². The Bertz CT molecular complexity index is 1940. The zero-order valence-electron chi connectivity index (χ0n) is 26.3. The van der Waals surface area contributed by atoms with Crippen molar-refractivity contribution in [1.29, 1.82) is 0 Å². The quantitative estimate of drug-likeness (QED) is 0.164. The Labute approximate surface area is 271 Å². The molecule has 3 aromatic heterocycles. The standard InChI is InChI=1S/C36H37FN6O4/c1-2-41-18-28(38-22-41)19-43-32-17-26(36(45)46)10-11-31(32)39-33(43)20-42-14-12-23(13-15-42)30-4-3-5-34(40-30)47-21-27-9-8-25(16-29(27)37)35(44)24-6-7-24/h3-5,8-11,16-18,22-24H,2,6-7,12-15,19-21H2,1H3,(H,45,46). The van der Waals surface area contributed by atoms with Gasteiger partial charge in [0.25, 0.3) is 0 Å². The molecule has 0 bridgehead atoms. The summed E-state index contributed by atoms with van der Waals surface area (Å²) >= 11 is 0. The van der Waals surface area contributed by atoms with Crippen molar-refractivity contribution in [1.82, 2.24) is 29.0 Å². The molecule has 4 heterocycles. The third kappa shape index (κ3) is 6.80. The van der Waals surface area contributed by atoms with Gasteiger partial charge in [0.2, 0.25) is 5.88 Å². The van der Waals surface area contributed by atoms with Gasteiger partial charge in [0.1, 0.15) is 18.2 Å². The van der Waals surface area contributed by atoms with E-state index in [1.54, 1.807) is 36.4 Å². The Balaban J connectivity index is 1.00. The summed E-state index contributed by atoms with van der Waals surface area (Å²) in [7, 11) is 0. The maximum atomic E-state index is 14.7. The number of nitrogens with zero attached hydrogens (tertiary/aromatic N) is 6. The molecule has 1 aliphatic carbocycles. The van der Waals surface area contributed by atoms with E-state index in [0.717, 1.165) is 73.6 Å². The number of carboxylic acid groups (broad SMARTS) is 1. The topological polar surface area (TPSA) is 115 Å². The maximum Gasteiger partial charge on any atom is 0.335 e. The molecule has 7 rings (SSSR count). The van der Waals surface area contributed by atoms with E-state index in [1.807, 2.05) is 29.2 Å². The summed E-state index contributed by atoms with van der Waals surface area (Å²) in [5.41, 5.74) is 4.43. The Morgan fingerprint density at radius 3 is 2.51 bits per heavy atom. The molecule has 242 valence electrons. The van der Waals surface area contributed by atoms with Crippen LogP contribution in [0.2, 0.25) is 0 Å². The molecule has 0 radical (unpaired) electrons. The van der Waals surface area contributed by atoms with Gasteiger partial charge in [0.15, 0.2) is 5.78 Å². The number of carbonyl (C=O) groups excluding carboxylic acids is 1. The van der Waals surface area contributed by atoms with Gasteiger partial charge >= 0.3 is 5.97 Å². The van der Waals surface area contributed by atoms with Gasteiger partial charge in [-0.3, -0.25) is 9.69 Å². The molecule has 47 heavy (non-hydrogen) atoms. The second-order valence-electron chi connectivity index (χ2n) is 12.5. The van der Waals surface area contributed by atoms with Crippen LogP contribution in [0.4, 0.5) is 4.39 Å². The fraction of sp³-hybridized carbons (Fsp3) is 0.361. The van der Waals surface area contributed by atoms with Gasteiger partial charge < -0.3 is 19.0 Å². The number of aryl methyl sites for hydroxylation is 1. The number of pyridine rings is 1. The number of rotatable bonds is 12. The molecule has 0 unspecified atom stereocenters. The van der Waals surface area contributed by atoms with Crippen molar-refractivity contribution in [3.05, 3.63) is 107 Å². The SMILES string of the molecule is CCn1cnc(Cn2c(CN3CCC(c4cccc(OCc5ccc(C(=O)C6CC6)cc5F)n4)CC3)nc3ccc(C(=O)O)cc32)c1. The summed E-state index contributed by atoms with van der Waals surface area (Å²) in [5.74, 6) is 0.240. The van der Waals surface area contributed by atoms with E-state index in [4.69, 9.17) is 14.7 Å². The lowest BCUT2D eigenvalue weighted by molar-refractivity contribution is 0.0696. The first kappa shape index (κ1) is 30.7. The van der Waals surface area contributed by atoms with Gasteiger partial charge in [-0.05, 0) is 76.0 Å². The number of benzene rings is 2. The fourth-order valence-corrected chi connectivity index (χ4v) is 6.30. The first-order chi connectivity index (χ1) is 22.8. The number of imidazole rings is 2. The predicted octanol–water partition coefficient (Wildman–Crippen LogP) is 6.08. The number of Topliss-reactive ketones (excluding diaryl/α,β-unsaturated/α-hetero) is 1. The molecule has 2 aliphatic rings. The number of likely N-dealkylation sites (tertiary alicyclic amines) is 1. The molecule has 2 fully saturated rings. The third-order valence-corrected chi connectivity index (χ3v) is 9.22. The number of aromatic carboxylic acids is 1. The Morgan fingerprint density at radius 1 is 0.979 bits per heavy atom. The highest BCUT2D eigenvalue weighted by molar-refractivity contribution is 5.99. The predicted molar refractivity (Wildman–Crippen MR) is 173 cm³/mol. The van der Waals surface area contributed by atoms with Crippen molar-refractivity contribution in [3.63, 3.8) is 0 Å². The maximum absolute atomic E-state index is 14.7. The average Bonchev–Trinajstić information content (AvgIpc) is 3.75. The largest absolute Gasteiger partial charge is 0.478 e. The first-order valence-electron chi connectivity index (χ1n) is 16.2. The first-order valence-corrected chi connectivity index (χ1v) is 16.2. The van der Waals surface area contributed by atoms with Crippen molar-refractivity contribution in [2.75, 3.05) is 13.1 Å². The smallest absolute Gasteiger partial charge is 0.335 e. The molecule has 0 amide bonds. The minimum absolute atomic E-state index is 0.0182. The number of aromatic nitrogens is 5. The molecule has 10 nitrogen and oxygen atoms in total. The van der Waals surface area contributed by atoms with Crippen LogP contribution in [0, 0.1) is 11.7 Å². The van der Waals surface area contributed by atoms with E-state index < -0.39 is 11.8 Å². The molecule has 5 aromatic rings. The number of fused-ring (bicyclic) bond motifs is 1. The van der Waals surface area contributed by atoms with Gasteiger partial charge in [-0.1, -0.05) is 18.2 Å². The molecule has 1 N–H and O–H groups in total. The normalized spacial score (nSPS) is 15.7. The number of ketones is 1. The summed E-state index contributed by atoms with van der Waals surface area (Å²) in [6.07, 6.45) is 7.41. The van der Waals surface area contributed by atoms with Crippen LogP contribution >= 0.6 is 0 Å². The summed E-state index contributed by atoms with van der Waals surface area (Å²) < 4.78 is 24.7. The number of halogens is 1. The Kier molecular flexibility index (Phi) is 8.55. The Morgan fingerprint density at radius 2 is 1.79 bits per heavy atom. The summed E-state index contributed by atoms with van der Waals surface area (Å²) in [5, 5.41) is 9.61. The van der Waals surface area contributed by atoms with Crippen LogP contribution in [-0.4, -0.2) is 58.9 Å². The van der Waals surface area contributed by atoms with E-state index in [-0.39, 0.29) is 29.8 Å². The molecular weight excluding hydrogens is 599 g/mol. The highest BCUT2D eigenvalue weighted by Crippen LogP contribution is 2.33. The van der Waals surface area contributed by atoms with Crippen molar-refractivity contribution in [3.8, 4) is 5.88 Å². The highest BCUT2D eigenvalue weighted by Gasteiger charge is 2.31. The van der Waals surface area contributed by atoms with E-state index in [0.29, 0.717) is 30.1 Å². The summed E-state index contributed by atoms with van der Waals surface area (Å²) in [6.45, 7) is 5.75. The number of piperidine rings is 1.